The molecular weight excluding hydrogens is 382 g/mol. The first-order chi connectivity index (χ1) is 14.6. The van der Waals surface area contributed by atoms with Crippen LogP contribution in [0, 0.1) is 0 Å². The molecule has 1 saturated carbocycles. The van der Waals surface area contributed by atoms with Crippen LogP contribution in [0.3, 0.4) is 0 Å². The van der Waals surface area contributed by atoms with Crippen molar-refractivity contribution >= 4 is 5.91 Å². The van der Waals surface area contributed by atoms with Gasteiger partial charge in [-0.3, -0.25) is 9.59 Å². The summed E-state index contributed by atoms with van der Waals surface area (Å²) in [5.74, 6) is -0.436. The Morgan fingerprint density at radius 3 is 2.50 bits per heavy atom. The molecule has 7 heteroatoms. The number of aromatic nitrogens is 2. The number of hydrogen-bond acceptors (Lipinski definition) is 5. The van der Waals surface area contributed by atoms with Crippen LogP contribution in [0.15, 0.2) is 59.5 Å². The highest BCUT2D eigenvalue weighted by atomic mass is 16.5. The zero-order chi connectivity index (χ0) is 21.1. The first kappa shape index (κ1) is 19.7. The predicted molar refractivity (Wildman–Crippen MR) is 113 cm³/mol. The molecule has 1 aromatic heterocycles. The number of amides is 1. The van der Waals surface area contributed by atoms with Gasteiger partial charge in [0.15, 0.2) is 11.4 Å². The van der Waals surface area contributed by atoms with Crippen LogP contribution in [0.4, 0.5) is 0 Å². The molecule has 0 bridgehead atoms. The van der Waals surface area contributed by atoms with E-state index in [1.54, 1.807) is 0 Å². The van der Waals surface area contributed by atoms with E-state index < -0.39 is 17.1 Å². The van der Waals surface area contributed by atoms with Crippen molar-refractivity contribution in [2.45, 2.75) is 31.8 Å². The Morgan fingerprint density at radius 2 is 1.77 bits per heavy atom. The summed E-state index contributed by atoms with van der Waals surface area (Å²) in [7, 11) is 1.41. The number of carbonyl (C=O) groups is 1. The normalized spacial score (nSPS) is 13.9. The van der Waals surface area contributed by atoms with Gasteiger partial charge in [0.25, 0.3) is 11.3 Å². The third-order valence-electron chi connectivity index (χ3n) is 5.27. The van der Waals surface area contributed by atoms with Crippen molar-refractivity contribution in [2.75, 3.05) is 7.05 Å². The standard InChI is InChI=1S/C23H23N3O4/c1-24-23(29)21-22(28)19(27)14-26(25-21)18-12-6-4-10-16(18)17-11-5-7-13-20(17)30-15-8-2-3-9-15/h4-7,10-15,27H,2-3,8-9H2,1H3,(H,24,29). The Kier molecular flexibility index (Phi) is 5.52. The number of benzene rings is 2. The maximum atomic E-state index is 12.1. The summed E-state index contributed by atoms with van der Waals surface area (Å²) in [6.45, 7) is 0. The fourth-order valence-corrected chi connectivity index (χ4v) is 3.75. The lowest BCUT2D eigenvalue weighted by Gasteiger charge is -2.19. The zero-order valence-electron chi connectivity index (χ0n) is 16.7. The predicted octanol–water partition coefficient (Wildman–Crippen LogP) is 3.29. The molecule has 0 radical (unpaired) electrons. The van der Waals surface area contributed by atoms with Crippen LogP contribution in [0.2, 0.25) is 0 Å². The minimum absolute atomic E-state index is 0.202. The molecule has 1 heterocycles. The van der Waals surface area contributed by atoms with Gasteiger partial charge in [-0.2, -0.15) is 5.10 Å². The molecule has 1 amide bonds. The van der Waals surface area contributed by atoms with Gasteiger partial charge < -0.3 is 15.2 Å². The second kappa shape index (κ2) is 8.41. The van der Waals surface area contributed by atoms with Gasteiger partial charge in [0.2, 0.25) is 0 Å². The average molecular weight is 405 g/mol. The first-order valence-electron chi connectivity index (χ1n) is 9.99. The fraction of sp³-hybridized carbons (Fsp3) is 0.261. The van der Waals surface area contributed by atoms with Crippen molar-refractivity contribution in [2.24, 2.45) is 0 Å². The molecule has 30 heavy (non-hydrogen) atoms. The summed E-state index contributed by atoms with van der Waals surface area (Å²) in [5, 5.41) is 16.7. The van der Waals surface area contributed by atoms with Gasteiger partial charge >= 0.3 is 0 Å². The van der Waals surface area contributed by atoms with E-state index >= 15 is 0 Å². The Hall–Kier alpha value is -3.61. The molecular formula is C23H23N3O4. The van der Waals surface area contributed by atoms with Crippen molar-refractivity contribution < 1.29 is 14.6 Å². The maximum absolute atomic E-state index is 12.1. The lowest BCUT2D eigenvalue weighted by Crippen LogP contribution is -2.29. The number of ether oxygens (including phenoxy) is 1. The molecule has 3 aromatic rings. The van der Waals surface area contributed by atoms with E-state index in [1.807, 2.05) is 48.5 Å². The molecule has 0 aliphatic heterocycles. The van der Waals surface area contributed by atoms with E-state index in [2.05, 4.69) is 10.4 Å². The molecule has 1 fully saturated rings. The number of nitrogens with one attached hydrogen (secondary N) is 1. The zero-order valence-corrected chi connectivity index (χ0v) is 16.7. The Bertz CT molecular complexity index is 1130. The second-order valence-corrected chi connectivity index (χ2v) is 7.25. The summed E-state index contributed by atoms with van der Waals surface area (Å²) < 4.78 is 7.63. The highest BCUT2D eigenvalue weighted by molar-refractivity contribution is 5.92. The highest BCUT2D eigenvalue weighted by Gasteiger charge is 2.21. The largest absolute Gasteiger partial charge is 0.503 e. The van der Waals surface area contributed by atoms with Crippen LogP contribution >= 0.6 is 0 Å². The highest BCUT2D eigenvalue weighted by Crippen LogP contribution is 2.36. The van der Waals surface area contributed by atoms with Crippen LogP contribution in [-0.2, 0) is 0 Å². The summed E-state index contributed by atoms with van der Waals surface area (Å²) in [4.78, 5) is 24.2. The molecule has 0 atom stereocenters. The fourth-order valence-electron chi connectivity index (χ4n) is 3.75. The molecule has 0 spiro atoms. The molecule has 1 aliphatic rings. The van der Waals surface area contributed by atoms with Crippen LogP contribution in [-0.4, -0.2) is 33.9 Å². The summed E-state index contributed by atoms with van der Waals surface area (Å²) in [5.41, 5.74) is 1.11. The third kappa shape index (κ3) is 3.78. The number of rotatable bonds is 5. The summed E-state index contributed by atoms with van der Waals surface area (Å²) in [6.07, 6.45) is 5.85. The van der Waals surface area contributed by atoms with Gasteiger partial charge in [-0.05, 0) is 37.8 Å². The van der Waals surface area contributed by atoms with Crippen molar-refractivity contribution in [1.29, 1.82) is 0 Å². The monoisotopic (exact) mass is 405 g/mol. The molecule has 2 N–H and O–H groups in total. The van der Waals surface area contributed by atoms with Crippen molar-refractivity contribution in [1.82, 2.24) is 15.1 Å². The van der Waals surface area contributed by atoms with Gasteiger partial charge in [-0.25, -0.2) is 4.68 Å². The van der Waals surface area contributed by atoms with E-state index in [-0.39, 0.29) is 11.8 Å². The van der Waals surface area contributed by atoms with E-state index in [9.17, 15) is 14.7 Å². The molecule has 154 valence electrons. The van der Waals surface area contributed by atoms with Gasteiger partial charge in [0.05, 0.1) is 18.0 Å². The SMILES string of the molecule is CNC(=O)c1nn(-c2ccccc2-c2ccccc2OC2CCCC2)cc(O)c1=O. The van der Waals surface area contributed by atoms with Crippen LogP contribution in [0.1, 0.15) is 36.2 Å². The van der Waals surface area contributed by atoms with E-state index in [1.165, 1.54) is 30.8 Å². The lowest BCUT2D eigenvalue weighted by atomic mass is 10.0. The van der Waals surface area contributed by atoms with Crippen LogP contribution < -0.4 is 15.5 Å². The third-order valence-corrected chi connectivity index (χ3v) is 5.27. The second-order valence-electron chi connectivity index (χ2n) is 7.25. The topological polar surface area (TPSA) is 93.5 Å². The maximum Gasteiger partial charge on any atom is 0.275 e. The number of hydrogen-bond donors (Lipinski definition) is 2. The Balaban J connectivity index is 1.83. The van der Waals surface area contributed by atoms with Gasteiger partial charge in [0, 0.05) is 18.2 Å². The van der Waals surface area contributed by atoms with E-state index in [4.69, 9.17) is 4.74 Å². The summed E-state index contributed by atoms with van der Waals surface area (Å²) >= 11 is 0. The van der Waals surface area contributed by atoms with E-state index in [0.717, 1.165) is 29.7 Å². The number of carbonyl (C=O) groups excluding carboxylic acids is 1. The van der Waals surface area contributed by atoms with Crippen molar-refractivity contribution in [3.8, 4) is 28.3 Å². The minimum atomic E-state index is -0.812. The molecule has 2 aromatic carbocycles. The number of nitrogens with zero attached hydrogens (tertiary/aromatic N) is 2. The van der Waals surface area contributed by atoms with Gasteiger partial charge in [-0.1, -0.05) is 36.4 Å². The lowest BCUT2D eigenvalue weighted by molar-refractivity contribution is 0.0954. The van der Waals surface area contributed by atoms with E-state index in [0.29, 0.717) is 5.69 Å². The number of para-hydroxylation sites is 2. The quantitative estimate of drug-likeness (QED) is 0.679. The molecule has 4 rings (SSSR count). The number of aromatic hydroxyl groups is 1. The van der Waals surface area contributed by atoms with Crippen LogP contribution in [0.5, 0.6) is 11.5 Å². The smallest absolute Gasteiger partial charge is 0.275 e. The molecule has 0 unspecified atom stereocenters. The minimum Gasteiger partial charge on any atom is -0.503 e. The Morgan fingerprint density at radius 1 is 1.10 bits per heavy atom. The van der Waals surface area contributed by atoms with Gasteiger partial charge in [-0.15, -0.1) is 0 Å². The summed E-state index contributed by atoms with van der Waals surface area (Å²) in [6, 6.07) is 15.2. The molecule has 1 aliphatic carbocycles. The first-order valence-corrected chi connectivity index (χ1v) is 9.99. The molecule has 0 saturated heterocycles. The Labute approximate surface area is 173 Å². The van der Waals surface area contributed by atoms with Gasteiger partial charge in [0.1, 0.15) is 5.75 Å². The van der Waals surface area contributed by atoms with Crippen molar-refractivity contribution in [3.05, 3.63) is 70.6 Å². The van der Waals surface area contributed by atoms with Crippen LogP contribution in [0.25, 0.3) is 16.8 Å². The average Bonchev–Trinajstić information content (AvgIpc) is 3.28. The van der Waals surface area contributed by atoms with Crippen molar-refractivity contribution in [3.63, 3.8) is 0 Å². The molecule has 7 nitrogen and oxygen atoms in total.